The Morgan fingerprint density at radius 3 is 2.62 bits per heavy atom. The highest BCUT2D eigenvalue weighted by Crippen LogP contribution is 2.29. The lowest BCUT2D eigenvalue weighted by Gasteiger charge is -2.17. The van der Waals surface area contributed by atoms with E-state index in [0.29, 0.717) is 11.4 Å². The van der Waals surface area contributed by atoms with Gasteiger partial charge < -0.3 is 20.7 Å². The fraction of sp³-hybridized carbons (Fsp3) is 0.556. The standard InChI is InChI=1S/C18H27N3O3/c1-13(2)20-17(22)11-12-19-18(23)21-15-9-5-6-10-16(15)24-14-7-3-4-8-14/h5-6,9-10,13-14H,3-4,7-8,11-12H2,1-2H3,(H,20,22)(H2,19,21,23). The molecular weight excluding hydrogens is 306 g/mol. The highest BCUT2D eigenvalue weighted by molar-refractivity contribution is 5.91. The summed E-state index contributed by atoms with van der Waals surface area (Å²) < 4.78 is 5.99. The lowest BCUT2D eigenvalue weighted by molar-refractivity contribution is -0.121. The molecule has 24 heavy (non-hydrogen) atoms. The van der Waals surface area contributed by atoms with Crippen LogP contribution in [0.1, 0.15) is 46.0 Å². The van der Waals surface area contributed by atoms with Crippen LogP contribution >= 0.6 is 0 Å². The summed E-state index contributed by atoms with van der Waals surface area (Å²) in [4.78, 5) is 23.5. The van der Waals surface area contributed by atoms with Crippen LogP contribution in [0.15, 0.2) is 24.3 Å². The predicted molar refractivity (Wildman–Crippen MR) is 94.2 cm³/mol. The first-order valence-corrected chi connectivity index (χ1v) is 8.64. The molecule has 1 aliphatic rings. The third-order valence-electron chi connectivity index (χ3n) is 3.82. The van der Waals surface area contributed by atoms with Gasteiger partial charge in [-0.1, -0.05) is 12.1 Å². The SMILES string of the molecule is CC(C)NC(=O)CCNC(=O)Nc1ccccc1OC1CCCC1. The number of para-hydroxylation sites is 2. The van der Waals surface area contributed by atoms with E-state index in [1.807, 2.05) is 38.1 Å². The van der Waals surface area contributed by atoms with Crippen LogP contribution in [-0.2, 0) is 4.79 Å². The Balaban J connectivity index is 1.79. The van der Waals surface area contributed by atoms with Gasteiger partial charge >= 0.3 is 6.03 Å². The average molecular weight is 333 g/mol. The van der Waals surface area contributed by atoms with Gasteiger partial charge in [-0.2, -0.15) is 0 Å². The zero-order valence-electron chi connectivity index (χ0n) is 14.4. The molecule has 1 aromatic carbocycles. The van der Waals surface area contributed by atoms with Gasteiger partial charge in [-0.3, -0.25) is 4.79 Å². The molecule has 2 rings (SSSR count). The number of rotatable bonds is 7. The van der Waals surface area contributed by atoms with Crippen LogP contribution in [0.2, 0.25) is 0 Å². The molecular formula is C18H27N3O3. The molecule has 1 saturated carbocycles. The summed E-state index contributed by atoms with van der Waals surface area (Å²) in [6.07, 6.45) is 5.00. The first-order chi connectivity index (χ1) is 11.5. The molecule has 0 spiro atoms. The maximum absolute atomic E-state index is 12.0. The molecule has 3 N–H and O–H groups in total. The van der Waals surface area contributed by atoms with Gasteiger partial charge in [0.25, 0.3) is 0 Å². The van der Waals surface area contributed by atoms with Gasteiger partial charge in [0.1, 0.15) is 5.75 Å². The number of anilines is 1. The Bertz CT molecular complexity index is 554. The van der Waals surface area contributed by atoms with E-state index >= 15 is 0 Å². The summed E-state index contributed by atoms with van der Waals surface area (Å²) in [5.41, 5.74) is 0.647. The predicted octanol–water partition coefficient (Wildman–Crippen LogP) is 3.04. The number of benzene rings is 1. The molecule has 1 aromatic rings. The van der Waals surface area contributed by atoms with E-state index in [1.165, 1.54) is 12.8 Å². The van der Waals surface area contributed by atoms with Gasteiger partial charge in [0.2, 0.25) is 5.91 Å². The number of urea groups is 1. The maximum atomic E-state index is 12.0. The van der Waals surface area contributed by atoms with E-state index in [9.17, 15) is 9.59 Å². The Morgan fingerprint density at radius 1 is 1.21 bits per heavy atom. The molecule has 6 heteroatoms. The van der Waals surface area contributed by atoms with Crippen molar-refractivity contribution in [1.29, 1.82) is 0 Å². The fourth-order valence-corrected chi connectivity index (χ4v) is 2.71. The van der Waals surface area contributed by atoms with Crippen molar-refractivity contribution >= 4 is 17.6 Å². The van der Waals surface area contributed by atoms with Crippen LogP contribution in [0.25, 0.3) is 0 Å². The van der Waals surface area contributed by atoms with Gasteiger partial charge in [-0.25, -0.2) is 4.79 Å². The molecule has 1 fully saturated rings. The van der Waals surface area contributed by atoms with Crippen LogP contribution in [-0.4, -0.2) is 30.6 Å². The normalized spacial score (nSPS) is 14.5. The molecule has 0 heterocycles. The minimum Gasteiger partial charge on any atom is -0.488 e. The summed E-state index contributed by atoms with van der Waals surface area (Å²) in [7, 11) is 0. The van der Waals surface area contributed by atoms with Crippen molar-refractivity contribution in [2.24, 2.45) is 0 Å². The minimum atomic E-state index is -0.338. The van der Waals surface area contributed by atoms with E-state index < -0.39 is 0 Å². The van der Waals surface area contributed by atoms with Crippen molar-refractivity contribution in [2.45, 2.75) is 58.1 Å². The quantitative estimate of drug-likeness (QED) is 0.717. The molecule has 3 amide bonds. The van der Waals surface area contributed by atoms with Crippen LogP contribution in [0.5, 0.6) is 5.75 Å². The molecule has 0 saturated heterocycles. The summed E-state index contributed by atoms with van der Waals surface area (Å²) >= 11 is 0. The van der Waals surface area contributed by atoms with Gasteiger partial charge in [0.05, 0.1) is 11.8 Å². The molecule has 0 radical (unpaired) electrons. The molecule has 0 unspecified atom stereocenters. The third-order valence-corrected chi connectivity index (χ3v) is 3.82. The van der Waals surface area contributed by atoms with Crippen molar-refractivity contribution in [3.05, 3.63) is 24.3 Å². The van der Waals surface area contributed by atoms with Crippen molar-refractivity contribution in [2.75, 3.05) is 11.9 Å². The lowest BCUT2D eigenvalue weighted by atomic mass is 10.2. The number of amides is 3. The molecule has 6 nitrogen and oxygen atoms in total. The van der Waals surface area contributed by atoms with Crippen molar-refractivity contribution < 1.29 is 14.3 Å². The molecule has 132 valence electrons. The maximum Gasteiger partial charge on any atom is 0.319 e. The number of hydrogen-bond donors (Lipinski definition) is 3. The summed E-state index contributed by atoms with van der Waals surface area (Å²) in [5, 5.41) is 8.27. The van der Waals surface area contributed by atoms with E-state index in [4.69, 9.17) is 4.74 Å². The first kappa shape index (κ1) is 18.1. The fourth-order valence-electron chi connectivity index (χ4n) is 2.71. The summed E-state index contributed by atoms with van der Waals surface area (Å²) in [6.45, 7) is 4.09. The second-order valence-electron chi connectivity index (χ2n) is 6.37. The second kappa shape index (κ2) is 9.15. The van der Waals surface area contributed by atoms with E-state index in [1.54, 1.807) is 0 Å². The van der Waals surface area contributed by atoms with E-state index in [2.05, 4.69) is 16.0 Å². The Hall–Kier alpha value is -2.24. The van der Waals surface area contributed by atoms with Crippen molar-refractivity contribution in [3.63, 3.8) is 0 Å². The van der Waals surface area contributed by atoms with Gasteiger partial charge in [0.15, 0.2) is 0 Å². The Kier molecular flexibility index (Phi) is 6.90. The van der Waals surface area contributed by atoms with Gasteiger partial charge in [0, 0.05) is 19.0 Å². The largest absolute Gasteiger partial charge is 0.488 e. The van der Waals surface area contributed by atoms with E-state index in [-0.39, 0.29) is 37.0 Å². The van der Waals surface area contributed by atoms with Crippen molar-refractivity contribution in [3.8, 4) is 5.75 Å². The minimum absolute atomic E-state index is 0.0738. The number of carbonyl (C=O) groups is 2. The van der Waals surface area contributed by atoms with Crippen LogP contribution in [0.4, 0.5) is 10.5 Å². The van der Waals surface area contributed by atoms with Crippen molar-refractivity contribution in [1.82, 2.24) is 10.6 Å². The third kappa shape index (κ3) is 6.10. The summed E-state index contributed by atoms with van der Waals surface area (Å²) in [6, 6.07) is 7.19. The zero-order chi connectivity index (χ0) is 17.4. The highest BCUT2D eigenvalue weighted by Gasteiger charge is 2.18. The van der Waals surface area contributed by atoms with Gasteiger partial charge in [-0.15, -0.1) is 0 Å². The summed E-state index contributed by atoms with van der Waals surface area (Å²) in [5.74, 6) is 0.618. The molecule has 0 aromatic heterocycles. The number of carbonyl (C=O) groups excluding carboxylic acids is 2. The number of hydrogen-bond acceptors (Lipinski definition) is 3. The molecule has 0 bridgehead atoms. The smallest absolute Gasteiger partial charge is 0.319 e. The second-order valence-corrected chi connectivity index (χ2v) is 6.37. The highest BCUT2D eigenvalue weighted by atomic mass is 16.5. The Labute approximate surface area is 143 Å². The van der Waals surface area contributed by atoms with Crippen LogP contribution < -0.4 is 20.7 Å². The van der Waals surface area contributed by atoms with Gasteiger partial charge in [-0.05, 0) is 51.7 Å². The Morgan fingerprint density at radius 2 is 1.92 bits per heavy atom. The molecule has 0 atom stereocenters. The average Bonchev–Trinajstić information content (AvgIpc) is 3.01. The van der Waals surface area contributed by atoms with Crippen LogP contribution in [0, 0.1) is 0 Å². The zero-order valence-corrected chi connectivity index (χ0v) is 14.4. The van der Waals surface area contributed by atoms with E-state index in [0.717, 1.165) is 12.8 Å². The first-order valence-electron chi connectivity index (χ1n) is 8.64. The molecule has 0 aliphatic heterocycles. The monoisotopic (exact) mass is 333 g/mol. The number of nitrogens with one attached hydrogen (secondary N) is 3. The lowest BCUT2D eigenvalue weighted by Crippen LogP contribution is -2.35. The topological polar surface area (TPSA) is 79.5 Å². The number of ether oxygens (including phenoxy) is 1. The van der Waals surface area contributed by atoms with Crippen LogP contribution in [0.3, 0.4) is 0 Å². The molecule has 1 aliphatic carbocycles.